The topological polar surface area (TPSA) is 32.3 Å². The molecule has 3 nitrogen and oxygen atoms in total. The van der Waals surface area contributed by atoms with Gasteiger partial charge >= 0.3 is 0 Å². The first kappa shape index (κ1) is 19.2. The number of benzene rings is 1. The highest BCUT2D eigenvalue weighted by Crippen LogP contribution is 2.44. The van der Waals surface area contributed by atoms with E-state index in [0.29, 0.717) is 21.4 Å². The lowest BCUT2D eigenvalue weighted by Crippen LogP contribution is -2.69. The van der Waals surface area contributed by atoms with Gasteiger partial charge < -0.3 is 5.32 Å². The molecular formula is C21H26ClFN2OS. The first-order chi connectivity index (χ1) is 12.4. The fourth-order valence-corrected chi connectivity index (χ4v) is 6.00. The lowest BCUT2D eigenvalue weighted by Gasteiger charge is -2.56. The molecule has 0 radical (unpaired) electrons. The average molecular weight is 409 g/mol. The molecule has 1 aromatic heterocycles. The number of hydrogen-bond donors (Lipinski definition) is 1. The summed E-state index contributed by atoms with van der Waals surface area (Å²) in [7, 11) is 0. The number of piperidine rings is 3. The molecule has 3 aliphatic heterocycles. The van der Waals surface area contributed by atoms with E-state index in [9.17, 15) is 9.18 Å². The number of amides is 1. The number of rotatable bonds is 3. The smallest absolute Gasteiger partial charge is 0.261 e. The van der Waals surface area contributed by atoms with Gasteiger partial charge in [0.25, 0.3) is 5.91 Å². The largest absolute Gasteiger partial charge is 0.346 e. The van der Waals surface area contributed by atoms with Crippen LogP contribution in [0.15, 0.2) is 18.2 Å². The normalized spacial score (nSPS) is 28.8. The zero-order valence-corrected chi connectivity index (χ0v) is 17.4. The van der Waals surface area contributed by atoms with Gasteiger partial charge in [-0.2, -0.15) is 0 Å². The van der Waals surface area contributed by atoms with Crippen molar-refractivity contribution in [3.63, 3.8) is 0 Å². The molecule has 4 heterocycles. The van der Waals surface area contributed by atoms with Crippen LogP contribution >= 0.6 is 23.7 Å². The molecule has 1 unspecified atom stereocenters. The Hall–Kier alpha value is -1.17. The monoisotopic (exact) mass is 408 g/mol. The highest BCUT2D eigenvalue weighted by atomic mass is 35.5. The van der Waals surface area contributed by atoms with Crippen molar-refractivity contribution in [1.82, 2.24) is 10.2 Å². The van der Waals surface area contributed by atoms with Crippen LogP contribution in [0.3, 0.4) is 0 Å². The Kier molecular flexibility index (Phi) is 4.76. The molecule has 1 aromatic carbocycles. The molecule has 1 amide bonds. The first-order valence-corrected chi connectivity index (χ1v) is 10.5. The van der Waals surface area contributed by atoms with Crippen molar-refractivity contribution < 1.29 is 9.18 Å². The molecule has 27 heavy (non-hydrogen) atoms. The Morgan fingerprint density at radius 2 is 1.93 bits per heavy atom. The maximum Gasteiger partial charge on any atom is 0.261 e. The van der Waals surface area contributed by atoms with Crippen LogP contribution in [0.2, 0.25) is 0 Å². The third-order valence-electron chi connectivity index (χ3n) is 6.77. The molecule has 146 valence electrons. The minimum absolute atomic E-state index is 0. The standard InChI is InChI=1S/C21H25FN2OS.ClH/c1-21(2)19(13-7-9-24(21)10-8-13)23-20(25)16-11-14-5-6-15(12-3-4-12)17(22)18(14)26-16;/h5-6,11-13,19H,3-4,7-10H2,1-2H3,(H,23,25);1H. The van der Waals surface area contributed by atoms with Crippen molar-refractivity contribution in [2.24, 2.45) is 5.92 Å². The molecule has 2 bridgehead atoms. The summed E-state index contributed by atoms with van der Waals surface area (Å²) < 4.78 is 15.4. The van der Waals surface area contributed by atoms with Gasteiger partial charge in [-0.3, -0.25) is 9.69 Å². The van der Waals surface area contributed by atoms with Crippen LogP contribution in [-0.2, 0) is 0 Å². The van der Waals surface area contributed by atoms with Crippen LogP contribution in [0.1, 0.15) is 60.7 Å². The number of carbonyl (C=O) groups excluding carboxylic acids is 1. The summed E-state index contributed by atoms with van der Waals surface area (Å²) in [6.45, 7) is 6.72. The van der Waals surface area contributed by atoms with Crippen molar-refractivity contribution in [3.05, 3.63) is 34.5 Å². The number of nitrogens with zero attached hydrogens (tertiary/aromatic N) is 1. The van der Waals surface area contributed by atoms with Gasteiger partial charge in [-0.15, -0.1) is 23.7 Å². The SMILES string of the molecule is CC1(C)C(NC(=O)c2cc3ccc(C4CC4)c(F)c3s2)C2CCN1CC2.Cl. The Balaban J connectivity index is 0.00000180. The van der Waals surface area contributed by atoms with E-state index in [1.54, 1.807) is 0 Å². The van der Waals surface area contributed by atoms with Crippen molar-refractivity contribution >= 4 is 39.7 Å². The predicted octanol–water partition coefficient (Wildman–Crippen LogP) is 4.94. The minimum Gasteiger partial charge on any atom is -0.346 e. The van der Waals surface area contributed by atoms with E-state index in [4.69, 9.17) is 0 Å². The number of nitrogens with one attached hydrogen (secondary N) is 1. The van der Waals surface area contributed by atoms with Gasteiger partial charge in [0, 0.05) is 11.6 Å². The zero-order valence-electron chi connectivity index (χ0n) is 15.8. The molecule has 4 fully saturated rings. The summed E-state index contributed by atoms with van der Waals surface area (Å²) in [5.41, 5.74) is 0.808. The summed E-state index contributed by atoms with van der Waals surface area (Å²) in [4.78, 5) is 16.1. The molecule has 3 saturated heterocycles. The van der Waals surface area contributed by atoms with Crippen LogP contribution in [-0.4, -0.2) is 35.5 Å². The molecule has 4 aliphatic rings. The highest BCUT2D eigenvalue weighted by molar-refractivity contribution is 7.20. The van der Waals surface area contributed by atoms with Crippen molar-refractivity contribution in [2.45, 2.75) is 57.0 Å². The maximum absolute atomic E-state index is 14.8. The second-order valence-electron chi connectivity index (χ2n) is 8.70. The Morgan fingerprint density at radius 1 is 1.22 bits per heavy atom. The third-order valence-corrected chi connectivity index (χ3v) is 7.91. The highest BCUT2D eigenvalue weighted by Gasteiger charge is 2.48. The Bertz CT molecular complexity index is 884. The number of halogens is 2. The second-order valence-corrected chi connectivity index (χ2v) is 9.75. The van der Waals surface area contributed by atoms with E-state index in [1.807, 2.05) is 18.2 Å². The van der Waals surface area contributed by atoms with E-state index in [1.165, 1.54) is 11.3 Å². The number of fused-ring (bicyclic) bond motifs is 4. The van der Waals surface area contributed by atoms with Crippen molar-refractivity contribution in [3.8, 4) is 0 Å². The van der Waals surface area contributed by atoms with Gasteiger partial charge in [0.1, 0.15) is 5.82 Å². The summed E-state index contributed by atoms with van der Waals surface area (Å²) in [5.74, 6) is 0.764. The van der Waals surface area contributed by atoms with Crippen LogP contribution in [0, 0.1) is 11.7 Å². The molecule has 6 heteroatoms. The molecule has 1 aliphatic carbocycles. The number of carbonyl (C=O) groups is 1. The minimum atomic E-state index is -0.114. The Morgan fingerprint density at radius 3 is 2.56 bits per heavy atom. The molecule has 1 atom stereocenters. The third kappa shape index (κ3) is 3.08. The van der Waals surface area contributed by atoms with Crippen molar-refractivity contribution in [1.29, 1.82) is 0 Å². The zero-order chi connectivity index (χ0) is 18.1. The summed E-state index contributed by atoms with van der Waals surface area (Å²) in [6.07, 6.45) is 4.46. The molecule has 6 rings (SSSR count). The summed E-state index contributed by atoms with van der Waals surface area (Å²) >= 11 is 1.30. The molecule has 0 spiro atoms. The van der Waals surface area contributed by atoms with Crippen LogP contribution in [0.4, 0.5) is 4.39 Å². The van der Waals surface area contributed by atoms with Crippen molar-refractivity contribution in [2.75, 3.05) is 13.1 Å². The van der Waals surface area contributed by atoms with Crippen LogP contribution in [0.25, 0.3) is 10.1 Å². The average Bonchev–Trinajstić information content (AvgIpc) is 3.36. The number of thiophene rings is 1. The Labute approximate surface area is 169 Å². The lowest BCUT2D eigenvalue weighted by molar-refractivity contribution is -0.0377. The fourth-order valence-electron chi connectivity index (χ4n) is 5.00. The van der Waals surface area contributed by atoms with Crippen LogP contribution < -0.4 is 5.32 Å². The lowest BCUT2D eigenvalue weighted by atomic mass is 9.72. The predicted molar refractivity (Wildman–Crippen MR) is 111 cm³/mol. The second kappa shape index (κ2) is 6.71. The summed E-state index contributed by atoms with van der Waals surface area (Å²) in [6, 6.07) is 5.89. The van der Waals surface area contributed by atoms with Gasteiger partial charge in [-0.05, 0) is 81.5 Å². The van der Waals surface area contributed by atoms with Gasteiger partial charge in [0.05, 0.1) is 9.58 Å². The number of hydrogen-bond acceptors (Lipinski definition) is 3. The molecular weight excluding hydrogens is 383 g/mol. The van der Waals surface area contributed by atoms with Gasteiger partial charge in [-0.25, -0.2) is 4.39 Å². The first-order valence-electron chi connectivity index (χ1n) is 9.73. The maximum atomic E-state index is 14.8. The quantitative estimate of drug-likeness (QED) is 0.779. The van der Waals surface area contributed by atoms with Gasteiger partial charge in [-0.1, -0.05) is 12.1 Å². The van der Waals surface area contributed by atoms with Gasteiger partial charge in [0.2, 0.25) is 0 Å². The van der Waals surface area contributed by atoms with E-state index >= 15 is 0 Å². The van der Waals surface area contributed by atoms with E-state index < -0.39 is 0 Å². The molecule has 1 N–H and O–H groups in total. The molecule has 2 aromatic rings. The molecule has 1 saturated carbocycles. The van der Waals surface area contributed by atoms with E-state index in [0.717, 1.165) is 49.7 Å². The summed E-state index contributed by atoms with van der Waals surface area (Å²) in [5, 5.41) is 4.14. The fraction of sp³-hybridized carbons (Fsp3) is 0.571. The van der Waals surface area contributed by atoms with Crippen LogP contribution in [0.5, 0.6) is 0 Å². The van der Waals surface area contributed by atoms with E-state index in [2.05, 4.69) is 24.1 Å². The van der Waals surface area contributed by atoms with E-state index in [-0.39, 0.29) is 35.7 Å². The van der Waals surface area contributed by atoms with Gasteiger partial charge in [0.15, 0.2) is 0 Å².